The highest BCUT2D eigenvalue weighted by atomic mass is 19.1. The first-order valence-corrected chi connectivity index (χ1v) is 5.55. The molecule has 0 radical (unpaired) electrons. The molecule has 0 N–H and O–H groups in total. The molecule has 2 heterocycles. The van der Waals surface area contributed by atoms with Crippen LogP contribution in [0.25, 0.3) is 0 Å². The summed E-state index contributed by atoms with van der Waals surface area (Å²) in [4.78, 5) is 15.2. The second kappa shape index (κ2) is 5.23. The van der Waals surface area contributed by atoms with E-state index >= 15 is 0 Å². The largest absolute Gasteiger partial charge is 0.464 e. The molecule has 92 valence electrons. The number of nitrogens with zero attached hydrogens (tertiary/aromatic N) is 1. The van der Waals surface area contributed by atoms with Crippen LogP contribution >= 0.6 is 0 Å². The molecule has 0 bridgehead atoms. The van der Waals surface area contributed by atoms with Crippen LogP contribution in [0.4, 0.5) is 4.39 Å². The Labute approximate surface area is 98.8 Å². The molecule has 1 aliphatic heterocycles. The van der Waals surface area contributed by atoms with Gasteiger partial charge in [0.25, 0.3) is 0 Å². The zero-order chi connectivity index (χ0) is 12.3. The molecule has 1 aromatic heterocycles. The second-order valence-electron chi connectivity index (χ2n) is 3.97. The maximum absolute atomic E-state index is 13.1. The fourth-order valence-electron chi connectivity index (χ4n) is 1.78. The number of rotatable bonds is 4. The number of ether oxygens (including phenoxy) is 2. The molecular weight excluding hydrogens is 225 g/mol. The summed E-state index contributed by atoms with van der Waals surface area (Å²) in [7, 11) is 1.28. The fourth-order valence-corrected chi connectivity index (χ4v) is 1.78. The third-order valence-electron chi connectivity index (χ3n) is 2.84. The van der Waals surface area contributed by atoms with Gasteiger partial charge in [-0.3, -0.25) is 0 Å². The van der Waals surface area contributed by atoms with Crippen LogP contribution in [-0.4, -0.2) is 30.8 Å². The van der Waals surface area contributed by atoms with Crippen LogP contribution < -0.4 is 0 Å². The normalized spacial score (nSPS) is 18.6. The first kappa shape index (κ1) is 12.0. The first-order valence-electron chi connectivity index (χ1n) is 5.55. The van der Waals surface area contributed by atoms with Crippen molar-refractivity contribution in [3.8, 4) is 0 Å². The predicted molar refractivity (Wildman–Crippen MR) is 58.2 cm³/mol. The molecule has 1 atom stereocenters. The average Bonchev–Trinajstić information content (AvgIpc) is 2.26. The van der Waals surface area contributed by atoms with Crippen molar-refractivity contribution in [3.63, 3.8) is 0 Å². The zero-order valence-corrected chi connectivity index (χ0v) is 9.61. The smallest absolute Gasteiger partial charge is 0.356 e. The monoisotopic (exact) mass is 239 g/mol. The van der Waals surface area contributed by atoms with Crippen LogP contribution in [0.1, 0.15) is 28.9 Å². The summed E-state index contributed by atoms with van der Waals surface area (Å²) in [5, 5.41) is 0. The molecule has 1 unspecified atom stereocenters. The number of aryl methyl sites for hydroxylation is 1. The molecule has 2 rings (SSSR count). The molecule has 1 aromatic rings. The standard InChI is InChI=1S/C12H14FNO3/c1-16-12(15)11-8(6-9(13)7-14-11)2-3-10-4-5-17-10/h6-7,10H,2-5H2,1H3. The van der Waals surface area contributed by atoms with Gasteiger partial charge in [0.1, 0.15) is 5.82 Å². The Balaban J connectivity index is 2.11. The van der Waals surface area contributed by atoms with E-state index in [4.69, 9.17) is 4.74 Å². The Kier molecular flexibility index (Phi) is 3.68. The summed E-state index contributed by atoms with van der Waals surface area (Å²) in [5.41, 5.74) is 0.764. The summed E-state index contributed by atoms with van der Waals surface area (Å²) in [6.45, 7) is 0.788. The molecule has 0 aliphatic carbocycles. The van der Waals surface area contributed by atoms with Gasteiger partial charge in [0, 0.05) is 6.61 Å². The van der Waals surface area contributed by atoms with Gasteiger partial charge < -0.3 is 9.47 Å². The summed E-state index contributed by atoms with van der Waals surface area (Å²) in [6.07, 6.45) is 3.62. The lowest BCUT2D eigenvalue weighted by molar-refractivity contribution is -0.0542. The van der Waals surface area contributed by atoms with Crippen molar-refractivity contribution in [2.45, 2.75) is 25.4 Å². The summed E-state index contributed by atoms with van der Waals surface area (Å²) >= 11 is 0. The van der Waals surface area contributed by atoms with Gasteiger partial charge in [-0.2, -0.15) is 0 Å². The topological polar surface area (TPSA) is 48.4 Å². The van der Waals surface area contributed by atoms with Crippen molar-refractivity contribution in [1.82, 2.24) is 4.98 Å². The number of carbonyl (C=O) groups is 1. The van der Waals surface area contributed by atoms with Gasteiger partial charge in [-0.15, -0.1) is 0 Å². The van der Waals surface area contributed by atoms with Crippen molar-refractivity contribution < 1.29 is 18.7 Å². The van der Waals surface area contributed by atoms with Gasteiger partial charge in [0.2, 0.25) is 0 Å². The van der Waals surface area contributed by atoms with E-state index in [-0.39, 0.29) is 11.8 Å². The number of hydrogen-bond donors (Lipinski definition) is 0. The van der Waals surface area contributed by atoms with Gasteiger partial charge in [0.15, 0.2) is 5.69 Å². The van der Waals surface area contributed by atoms with Gasteiger partial charge in [-0.05, 0) is 30.9 Å². The number of halogens is 1. The molecule has 0 aromatic carbocycles. The second-order valence-corrected chi connectivity index (χ2v) is 3.97. The Morgan fingerprint density at radius 3 is 3.06 bits per heavy atom. The number of esters is 1. The van der Waals surface area contributed by atoms with Crippen molar-refractivity contribution >= 4 is 5.97 Å². The number of methoxy groups -OCH3 is 1. The van der Waals surface area contributed by atoms with Crippen LogP contribution in [0, 0.1) is 5.82 Å². The van der Waals surface area contributed by atoms with Crippen LogP contribution in [0.5, 0.6) is 0 Å². The van der Waals surface area contributed by atoms with E-state index in [1.54, 1.807) is 0 Å². The number of hydrogen-bond acceptors (Lipinski definition) is 4. The van der Waals surface area contributed by atoms with E-state index in [0.29, 0.717) is 12.0 Å². The van der Waals surface area contributed by atoms with Crippen molar-refractivity contribution in [1.29, 1.82) is 0 Å². The molecule has 0 spiro atoms. The lowest BCUT2D eigenvalue weighted by Gasteiger charge is -2.26. The van der Waals surface area contributed by atoms with Gasteiger partial charge in [-0.1, -0.05) is 0 Å². The predicted octanol–water partition coefficient (Wildman–Crippen LogP) is 1.73. The molecule has 0 amide bonds. The minimum absolute atomic E-state index is 0.188. The third kappa shape index (κ3) is 2.79. The average molecular weight is 239 g/mol. The fraction of sp³-hybridized carbons (Fsp3) is 0.500. The van der Waals surface area contributed by atoms with E-state index in [0.717, 1.165) is 25.6 Å². The number of aromatic nitrogens is 1. The minimum Gasteiger partial charge on any atom is -0.464 e. The molecule has 1 fully saturated rings. The summed E-state index contributed by atoms with van der Waals surface area (Å²) in [5.74, 6) is -0.975. The lowest BCUT2D eigenvalue weighted by Crippen LogP contribution is -2.27. The molecule has 0 saturated carbocycles. The molecule has 4 nitrogen and oxygen atoms in total. The maximum atomic E-state index is 13.1. The molecular formula is C12H14FNO3. The lowest BCUT2D eigenvalue weighted by atomic mass is 10.0. The summed E-state index contributed by atoms with van der Waals surface area (Å²) in [6, 6.07) is 1.33. The van der Waals surface area contributed by atoms with E-state index < -0.39 is 11.8 Å². The van der Waals surface area contributed by atoms with Gasteiger partial charge >= 0.3 is 5.97 Å². The molecule has 17 heavy (non-hydrogen) atoms. The van der Waals surface area contributed by atoms with Gasteiger partial charge in [0.05, 0.1) is 19.4 Å². The van der Waals surface area contributed by atoms with Crippen molar-refractivity contribution in [3.05, 3.63) is 29.3 Å². The minimum atomic E-state index is -0.533. The number of pyridine rings is 1. The molecule has 1 saturated heterocycles. The van der Waals surface area contributed by atoms with Crippen LogP contribution in [0.2, 0.25) is 0 Å². The van der Waals surface area contributed by atoms with E-state index in [9.17, 15) is 9.18 Å². The van der Waals surface area contributed by atoms with Gasteiger partial charge in [-0.25, -0.2) is 14.2 Å². The van der Waals surface area contributed by atoms with E-state index in [1.165, 1.54) is 13.2 Å². The molecule has 1 aliphatic rings. The maximum Gasteiger partial charge on any atom is 0.356 e. The van der Waals surface area contributed by atoms with E-state index in [1.807, 2.05) is 0 Å². The first-order chi connectivity index (χ1) is 8.20. The molecule has 5 heteroatoms. The van der Waals surface area contributed by atoms with Crippen LogP contribution in [0.3, 0.4) is 0 Å². The van der Waals surface area contributed by atoms with Crippen LogP contribution in [0.15, 0.2) is 12.3 Å². The van der Waals surface area contributed by atoms with Crippen molar-refractivity contribution in [2.75, 3.05) is 13.7 Å². The van der Waals surface area contributed by atoms with E-state index in [2.05, 4.69) is 9.72 Å². The zero-order valence-electron chi connectivity index (χ0n) is 9.61. The SMILES string of the molecule is COC(=O)c1ncc(F)cc1CCC1CCO1. The highest BCUT2D eigenvalue weighted by Gasteiger charge is 2.20. The third-order valence-corrected chi connectivity index (χ3v) is 2.84. The Morgan fingerprint density at radius 1 is 1.71 bits per heavy atom. The Morgan fingerprint density at radius 2 is 2.47 bits per heavy atom. The Hall–Kier alpha value is -1.49. The highest BCUT2D eigenvalue weighted by Crippen LogP contribution is 2.19. The van der Waals surface area contributed by atoms with Crippen LogP contribution in [-0.2, 0) is 15.9 Å². The number of carbonyl (C=O) groups excluding carboxylic acids is 1. The quantitative estimate of drug-likeness (QED) is 0.751. The van der Waals surface area contributed by atoms with Crippen molar-refractivity contribution in [2.24, 2.45) is 0 Å². The summed E-state index contributed by atoms with van der Waals surface area (Å²) < 4.78 is 23.0. The Bertz CT molecular complexity index is 418. The highest BCUT2D eigenvalue weighted by molar-refractivity contribution is 5.88.